The molecule has 110 valence electrons. The Kier molecular flexibility index (Phi) is 5.99. The highest BCUT2D eigenvalue weighted by Crippen LogP contribution is 2.16. The van der Waals surface area contributed by atoms with Crippen molar-refractivity contribution in [2.45, 2.75) is 18.1 Å². The van der Waals surface area contributed by atoms with Crippen molar-refractivity contribution in [1.82, 2.24) is 14.5 Å². The Bertz CT molecular complexity index is 480. The second-order valence-corrected chi connectivity index (χ2v) is 6.92. The molecule has 0 saturated carbocycles. The van der Waals surface area contributed by atoms with Crippen LogP contribution < -0.4 is 5.32 Å². The predicted molar refractivity (Wildman–Crippen MR) is 74.5 cm³/mol. The summed E-state index contributed by atoms with van der Waals surface area (Å²) >= 11 is 0. The normalized spacial score (nSPS) is 12.5. The van der Waals surface area contributed by atoms with Crippen LogP contribution >= 0.6 is 0 Å². The molecular formula is C12H23N3O3S. The first-order valence-corrected chi connectivity index (χ1v) is 7.64. The van der Waals surface area contributed by atoms with Crippen molar-refractivity contribution in [3.8, 4) is 0 Å². The van der Waals surface area contributed by atoms with Gasteiger partial charge in [0, 0.05) is 14.1 Å². The summed E-state index contributed by atoms with van der Waals surface area (Å²) in [6, 6.07) is 3.18. The van der Waals surface area contributed by atoms with Crippen LogP contribution in [0, 0.1) is 0 Å². The van der Waals surface area contributed by atoms with Gasteiger partial charge in [-0.15, -0.1) is 0 Å². The highest BCUT2D eigenvalue weighted by Gasteiger charge is 2.21. The minimum atomic E-state index is -3.47. The van der Waals surface area contributed by atoms with Gasteiger partial charge in [0.2, 0.25) is 5.09 Å². The van der Waals surface area contributed by atoms with Crippen molar-refractivity contribution < 1.29 is 12.8 Å². The summed E-state index contributed by atoms with van der Waals surface area (Å²) in [6.45, 7) is 2.43. The van der Waals surface area contributed by atoms with Gasteiger partial charge in [-0.05, 0) is 45.7 Å². The van der Waals surface area contributed by atoms with Gasteiger partial charge in [-0.2, -0.15) is 0 Å². The first-order valence-electron chi connectivity index (χ1n) is 6.20. The number of nitrogens with zero attached hydrogens (tertiary/aromatic N) is 2. The lowest BCUT2D eigenvalue weighted by Crippen LogP contribution is -2.22. The van der Waals surface area contributed by atoms with Crippen LogP contribution in [0.25, 0.3) is 0 Å². The molecule has 0 saturated heterocycles. The quantitative estimate of drug-likeness (QED) is 0.709. The van der Waals surface area contributed by atoms with E-state index in [1.807, 2.05) is 14.1 Å². The second kappa shape index (κ2) is 7.04. The predicted octanol–water partition coefficient (Wildman–Crippen LogP) is 0.571. The van der Waals surface area contributed by atoms with E-state index in [0.717, 1.165) is 23.8 Å². The molecule has 1 N–H and O–H groups in total. The molecule has 0 spiro atoms. The molecule has 1 aromatic heterocycles. The summed E-state index contributed by atoms with van der Waals surface area (Å²) in [5, 5.41) is 3.21. The average Bonchev–Trinajstić information content (AvgIpc) is 2.77. The summed E-state index contributed by atoms with van der Waals surface area (Å²) in [5.41, 5.74) is 0. The Morgan fingerprint density at radius 2 is 1.89 bits per heavy atom. The molecule has 0 aromatic carbocycles. The summed E-state index contributed by atoms with van der Waals surface area (Å²) in [4.78, 5) is 2.12. The highest BCUT2D eigenvalue weighted by molar-refractivity contribution is 7.88. The van der Waals surface area contributed by atoms with Crippen LogP contribution in [0.15, 0.2) is 21.6 Å². The standard InChI is InChI=1S/C12H23N3O3S/c1-14(2)9-5-8-13-10-11-6-7-12(18-11)19(16,17)15(3)4/h6-7,13H,5,8-10H2,1-4H3. The number of sulfonamides is 1. The van der Waals surface area contributed by atoms with Crippen LogP contribution in [0.1, 0.15) is 12.2 Å². The highest BCUT2D eigenvalue weighted by atomic mass is 32.2. The van der Waals surface area contributed by atoms with Gasteiger partial charge in [0.15, 0.2) is 0 Å². The molecule has 0 bridgehead atoms. The van der Waals surface area contributed by atoms with Crippen molar-refractivity contribution in [1.29, 1.82) is 0 Å². The lowest BCUT2D eigenvalue weighted by atomic mass is 10.4. The molecule has 0 atom stereocenters. The van der Waals surface area contributed by atoms with Gasteiger partial charge in [0.1, 0.15) is 5.76 Å². The van der Waals surface area contributed by atoms with Crippen LogP contribution in [0.2, 0.25) is 0 Å². The van der Waals surface area contributed by atoms with Gasteiger partial charge in [-0.3, -0.25) is 0 Å². The SMILES string of the molecule is CN(C)CCCNCc1ccc(S(=O)(=O)N(C)C)o1. The fraction of sp³-hybridized carbons (Fsp3) is 0.667. The Morgan fingerprint density at radius 1 is 1.21 bits per heavy atom. The number of hydrogen-bond acceptors (Lipinski definition) is 5. The van der Waals surface area contributed by atoms with Gasteiger partial charge < -0.3 is 14.6 Å². The summed E-state index contributed by atoms with van der Waals surface area (Å²) < 4.78 is 30.1. The molecule has 0 fully saturated rings. The molecule has 7 heteroatoms. The van der Waals surface area contributed by atoms with Gasteiger partial charge in [-0.1, -0.05) is 0 Å². The van der Waals surface area contributed by atoms with Crippen LogP contribution in [0.5, 0.6) is 0 Å². The number of nitrogens with one attached hydrogen (secondary N) is 1. The molecule has 1 heterocycles. The molecular weight excluding hydrogens is 266 g/mol. The van der Waals surface area contributed by atoms with Crippen molar-refractivity contribution in [2.24, 2.45) is 0 Å². The van der Waals surface area contributed by atoms with E-state index in [4.69, 9.17) is 4.42 Å². The third-order valence-electron chi connectivity index (χ3n) is 2.63. The Balaban J connectivity index is 2.44. The topological polar surface area (TPSA) is 65.8 Å². The fourth-order valence-electron chi connectivity index (χ4n) is 1.50. The molecule has 0 aliphatic carbocycles. The average molecular weight is 289 g/mol. The van der Waals surface area contributed by atoms with Crippen LogP contribution in [-0.4, -0.2) is 58.9 Å². The lowest BCUT2D eigenvalue weighted by Gasteiger charge is -2.09. The van der Waals surface area contributed by atoms with E-state index in [9.17, 15) is 8.42 Å². The molecule has 0 aliphatic rings. The Hall–Kier alpha value is -0.890. The summed E-state index contributed by atoms with van der Waals surface area (Å²) in [6.07, 6.45) is 1.04. The molecule has 1 aromatic rings. The van der Waals surface area contributed by atoms with Gasteiger partial charge in [0.05, 0.1) is 6.54 Å². The van der Waals surface area contributed by atoms with Crippen LogP contribution in [0.3, 0.4) is 0 Å². The number of hydrogen-bond donors (Lipinski definition) is 1. The maximum atomic E-state index is 11.8. The van der Waals surface area contributed by atoms with Gasteiger partial charge >= 0.3 is 0 Å². The van der Waals surface area contributed by atoms with E-state index in [-0.39, 0.29) is 5.09 Å². The third kappa shape index (κ3) is 4.94. The largest absolute Gasteiger partial charge is 0.447 e. The van der Waals surface area contributed by atoms with Crippen molar-refractivity contribution >= 4 is 10.0 Å². The monoisotopic (exact) mass is 289 g/mol. The second-order valence-electron chi connectivity index (χ2n) is 4.84. The number of rotatable bonds is 8. The summed E-state index contributed by atoms with van der Waals surface area (Å²) in [7, 11) is 3.56. The Labute approximate surface area is 115 Å². The third-order valence-corrected chi connectivity index (χ3v) is 4.32. The van der Waals surface area contributed by atoms with E-state index >= 15 is 0 Å². The first kappa shape index (κ1) is 16.2. The molecule has 0 aliphatic heterocycles. The van der Waals surface area contributed by atoms with E-state index in [2.05, 4.69) is 10.2 Å². The van der Waals surface area contributed by atoms with Crippen LogP contribution in [-0.2, 0) is 16.6 Å². The maximum Gasteiger partial charge on any atom is 0.275 e. The molecule has 0 unspecified atom stereocenters. The van der Waals surface area contributed by atoms with Crippen molar-refractivity contribution in [2.75, 3.05) is 41.3 Å². The molecule has 6 nitrogen and oxygen atoms in total. The van der Waals surface area contributed by atoms with Gasteiger partial charge in [-0.25, -0.2) is 12.7 Å². The maximum absolute atomic E-state index is 11.8. The van der Waals surface area contributed by atoms with E-state index < -0.39 is 10.0 Å². The first-order chi connectivity index (χ1) is 8.84. The van der Waals surface area contributed by atoms with E-state index in [1.165, 1.54) is 20.2 Å². The van der Waals surface area contributed by atoms with Crippen molar-refractivity contribution in [3.05, 3.63) is 17.9 Å². The fourth-order valence-corrected chi connectivity index (χ4v) is 2.32. The zero-order valence-electron chi connectivity index (χ0n) is 12.0. The number of furan rings is 1. The zero-order valence-corrected chi connectivity index (χ0v) is 12.8. The molecule has 1 rings (SSSR count). The minimum Gasteiger partial charge on any atom is -0.447 e. The lowest BCUT2D eigenvalue weighted by molar-refractivity contribution is 0.375. The van der Waals surface area contributed by atoms with E-state index in [0.29, 0.717) is 12.3 Å². The van der Waals surface area contributed by atoms with E-state index in [1.54, 1.807) is 6.07 Å². The van der Waals surface area contributed by atoms with Gasteiger partial charge in [0.25, 0.3) is 10.0 Å². The molecule has 0 amide bonds. The van der Waals surface area contributed by atoms with Crippen molar-refractivity contribution in [3.63, 3.8) is 0 Å². The smallest absolute Gasteiger partial charge is 0.275 e. The summed E-state index contributed by atoms with van der Waals surface area (Å²) in [5.74, 6) is 0.630. The Morgan fingerprint density at radius 3 is 2.47 bits per heavy atom. The minimum absolute atomic E-state index is 0.0115. The molecule has 19 heavy (non-hydrogen) atoms. The molecule has 0 radical (unpaired) electrons. The van der Waals surface area contributed by atoms with Crippen LogP contribution in [0.4, 0.5) is 0 Å². The zero-order chi connectivity index (χ0) is 14.5.